The number of rotatable bonds is 18. The van der Waals surface area contributed by atoms with Crippen LogP contribution in [0.3, 0.4) is 0 Å². The number of hydrogen-bond donors (Lipinski definition) is 3. The molecule has 0 aliphatic heterocycles. The first-order chi connectivity index (χ1) is 52.9. The van der Waals surface area contributed by atoms with Crippen LogP contribution in [0.2, 0.25) is 0 Å². The van der Waals surface area contributed by atoms with Crippen molar-refractivity contribution in [2.75, 3.05) is 5.32 Å². The molecule has 6 unspecified atom stereocenters. The van der Waals surface area contributed by atoms with Gasteiger partial charge in [0.2, 0.25) is 23.5 Å². The Balaban J connectivity index is 0.000000136. The molecule has 38 heteroatoms. The first-order valence-electron chi connectivity index (χ1n) is 36.1. The molecule has 13 aromatic rings. The molecule has 0 aromatic carbocycles. The molecule has 0 spiro atoms. The molecule has 3 saturated carbocycles. The Kier molecular flexibility index (Phi) is 21.9. The number of H-pyrrole nitrogens is 1. The number of halogens is 1. The quantitative estimate of drug-likeness (QED) is 0.0530. The fourth-order valence-corrected chi connectivity index (χ4v) is 14.1. The highest BCUT2D eigenvalue weighted by molar-refractivity contribution is 5.84. The van der Waals surface area contributed by atoms with E-state index in [0.29, 0.717) is 81.7 Å². The van der Waals surface area contributed by atoms with Crippen molar-refractivity contribution in [1.29, 1.82) is 0 Å². The van der Waals surface area contributed by atoms with Crippen LogP contribution in [0.15, 0.2) is 97.4 Å². The van der Waals surface area contributed by atoms with Crippen molar-refractivity contribution in [2.45, 2.75) is 182 Å². The SMILES string of the molecule is CCn1ncc(-c2nc3c(OC4CCC(NC(=O)OC(C)(C)C)C4)ncnc3n2C)c1C.CCn1ncc(-c2nc3c(OC4CCC(Nc5cccnc5[N+](=O)[O-])C4)ncnc3n2C)c1C.CCn1ncc(-c2nc3c(OC4CCC(n5c(=O)[nH]c6ncccc65)C4)ncnc3n2C)c1C.O=[N+]([O-])c1ncccc1F. The number of aryl methyl sites for hydroxylation is 6. The highest BCUT2D eigenvalue weighted by Crippen LogP contribution is 2.38. The Labute approximate surface area is 627 Å². The molecular formula is C72H84FN27O10. The molecule has 0 saturated heterocycles. The van der Waals surface area contributed by atoms with Crippen LogP contribution in [0, 0.1) is 46.8 Å². The lowest BCUT2D eigenvalue weighted by Crippen LogP contribution is -2.38. The van der Waals surface area contributed by atoms with E-state index in [2.05, 4.69) is 89.6 Å². The molecule has 1 amide bonds. The third-order valence-electron chi connectivity index (χ3n) is 19.6. The summed E-state index contributed by atoms with van der Waals surface area (Å²) in [5.41, 5.74) is 11.1. The number of aromatic nitrogens is 23. The first-order valence-corrected chi connectivity index (χ1v) is 36.1. The van der Waals surface area contributed by atoms with E-state index < -0.39 is 33.2 Å². The van der Waals surface area contributed by atoms with E-state index >= 15 is 0 Å². The number of fused-ring (bicyclic) bond motifs is 4. The summed E-state index contributed by atoms with van der Waals surface area (Å²) in [6, 6.07) is 9.48. The second-order valence-electron chi connectivity index (χ2n) is 27.8. The number of hydrogen-bond acceptors (Lipinski definition) is 26. The number of carbonyl (C=O) groups is 1. The molecule has 3 N–H and O–H groups in total. The van der Waals surface area contributed by atoms with Gasteiger partial charge in [-0.2, -0.15) is 34.6 Å². The van der Waals surface area contributed by atoms with Crippen LogP contribution in [-0.4, -0.2) is 164 Å². The zero-order valence-corrected chi connectivity index (χ0v) is 62.8. The van der Waals surface area contributed by atoms with Crippen LogP contribution in [0.25, 0.3) is 78.8 Å². The van der Waals surface area contributed by atoms with E-state index in [9.17, 15) is 34.2 Å². The number of anilines is 1. The minimum atomic E-state index is -0.910. The van der Waals surface area contributed by atoms with Gasteiger partial charge < -0.3 is 63.5 Å². The minimum Gasteiger partial charge on any atom is -0.473 e. The van der Waals surface area contributed by atoms with E-state index in [1.54, 1.807) is 22.9 Å². The van der Waals surface area contributed by atoms with Crippen LogP contribution in [0.5, 0.6) is 17.6 Å². The number of alkyl carbamates (subject to hydrolysis) is 1. The van der Waals surface area contributed by atoms with Crippen molar-refractivity contribution in [1.82, 2.24) is 118 Å². The fraction of sp³-hybridized carbons (Fsp3) is 0.431. The van der Waals surface area contributed by atoms with Gasteiger partial charge in [0.15, 0.2) is 39.1 Å². The van der Waals surface area contributed by atoms with Gasteiger partial charge in [0, 0.05) is 101 Å². The Hall–Kier alpha value is -12.8. The number of aromatic amines is 1. The van der Waals surface area contributed by atoms with E-state index in [4.69, 9.17) is 33.9 Å². The van der Waals surface area contributed by atoms with Gasteiger partial charge in [-0.15, -0.1) is 0 Å². The molecule has 574 valence electrons. The van der Waals surface area contributed by atoms with Crippen molar-refractivity contribution in [3.63, 3.8) is 0 Å². The monoisotopic (exact) mass is 1510 g/mol. The van der Waals surface area contributed by atoms with Gasteiger partial charge in [-0.05, 0) is 157 Å². The van der Waals surface area contributed by atoms with Gasteiger partial charge in [-0.3, -0.25) is 23.6 Å². The lowest BCUT2D eigenvalue weighted by atomic mass is 10.2. The van der Waals surface area contributed by atoms with Crippen molar-refractivity contribution < 1.29 is 38.0 Å². The van der Waals surface area contributed by atoms with E-state index in [0.717, 1.165) is 121 Å². The summed E-state index contributed by atoms with van der Waals surface area (Å²) < 4.78 is 49.9. The molecule has 37 nitrogen and oxygen atoms in total. The van der Waals surface area contributed by atoms with Gasteiger partial charge in [0.1, 0.15) is 78.4 Å². The Morgan fingerprint density at radius 1 is 0.573 bits per heavy atom. The maximum atomic E-state index is 12.6. The fourth-order valence-electron chi connectivity index (χ4n) is 14.1. The summed E-state index contributed by atoms with van der Waals surface area (Å²) in [5, 5.41) is 40.7. The Morgan fingerprint density at radius 2 is 1.00 bits per heavy atom. The number of pyridine rings is 3. The van der Waals surface area contributed by atoms with Gasteiger partial charge in [-0.1, -0.05) is 0 Å². The van der Waals surface area contributed by atoms with Crippen molar-refractivity contribution >= 4 is 68.1 Å². The van der Waals surface area contributed by atoms with E-state index in [1.807, 2.05) is 128 Å². The molecule has 16 rings (SSSR count). The largest absolute Gasteiger partial charge is 0.473 e. The molecule has 13 aromatic heterocycles. The zero-order valence-electron chi connectivity index (χ0n) is 62.8. The number of nitro groups is 2. The van der Waals surface area contributed by atoms with Crippen LogP contribution < -0.4 is 30.5 Å². The summed E-state index contributed by atoms with van der Waals surface area (Å²) in [5.74, 6) is 1.85. The molecule has 110 heavy (non-hydrogen) atoms. The smallest absolute Gasteiger partial charge is 0.407 e. The molecule has 3 fully saturated rings. The number of nitrogens with one attached hydrogen (secondary N) is 3. The van der Waals surface area contributed by atoms with Crippen molar-refractivity contribution in [3.05, 3.63) is 146 Å². The second kappa shape index (κ2) is 31.9. The third-order valence-corrected chi connectivity index (χ3v) is 19.6. The minimum absolute atomic E-state index is 0.00834. The van der Waals surface area contributed by atoms with Crippen molar-refractivity contribution in [3.8, 4) is 51.8 Å². The van der Waals surface area contributed by atoms with E-state index in [1.165, 1.54) is 37.4 Å². The van der Waals surface area contributed by atoms with Gasteiger partial charge in [-0.25, -0.2) is 44.5 Å². The zero-order chi connectivity index (χ0) is 77.8. The Morgan fingerprint density at radius 3 is 1.45 bits per heavy atom. The number of amides is 1. The number of nitrogens with zero attached hydrogens (tertiary/aromatic N) is 24. The van der Waals surface area contributed by atoms with E-state index in [-0.39, 0.29) is 47.9 Å². The summed E-state index contributed by atoms with van der Waals surface area (Å²) >= 11 is 0. The van der Waals surface area contributed by atoms with Crippen LogP contribution in [0.1, 0.15) is 122 Å². The number of imidazole rings is 4. The number of carbonyl (C=O) groups excluding carboxylic acids is 1. The normalized spacial score (nSPS) is 17.5. The third kappa shape index (κ3) is 15.8. The average Bonchev–Trinajstić information content (AvgIpc) is 1.63. The average molecular weight is 1510 g/mol. The van der Waals surface area contributed by atoms with Gasteiger partial charge in [0.05, 0.1) is 40.8 Å². The van der Waals surface area contributed by atoms with Gasteiger partial charge in [0.25, 0.3) is 0 Å². The molecule has 3 aliphatic carbocycles. The summed E-state index contributed by atoms with van der Waals surface area (Å²) in [6.07, 6.45) is 20.6. The lowest BCUT2D eigenvalue weighted by Gasteiger charge is -2.21. The predicted molar refractivity (Wildman–Crippen MR) is 400 cm³/mol. The highest BCUT2D eigenvalue weighted by atomic mass is 19.1. The molecule has 0 bridgehead atoms. The maximum Gasteiger partial charge on any atom is 0.407 e. The highest BCUT2D eigenvalue weighted by Gasteiger charge is 2.35. The molecule has 13 heterocycles. The maximum absolute atomic E-state index is 12.6. The van der Waals surface area contributed by atoms with Crippen molar-refractivity contribution in [2.24, 2.45) is 21.1 Å². The molecule has 6 atom stereocenters. The van der Waals surface area contributed by atoms with Crippen LogP contribution in [0.4, 0.5) is 26.5 Å². The second-order valence-corrected chi connectivity index (χ2v) is 27.8. The first kappa shape index (κ1) is 75.4. The van der Waals surface area contributed by atoms with Crippen LogP contribution >= 0.6 is 0 Å². The van der Waals surface area contributed by atoms with Crippen LogP contribution in [-0.2, 0) is 45.5 Å². The summed E-state index contributed by atoms with van der Waals surface area (Å²) in [6.45, 7) is 20.2. The topological polar surface area (TPSA) is 425 Å². The molecule has 0 radical (unpaired) electrons. The number of ether oxygens (including phenoxy) is 4. The molecule has 3 aliphatic rings. The summed E-state index contributed by atoms with van der Waals surface area (Å²) in [7, 11) is 5.79. The predicted octanol–water partition coefficient (Wildman–Crippen LogP) is 10.5. The summed E-state index contributed by atoms with van der Waals surface area (Å²) in [4.78, 5) is 99.5. The van der Waals surface area contributed by atoms with Gasteiger partial charge >= 0.3 is 23.4 Å². The molecular weight excluding hydrogens is 1420 g/mol. The Bertz CT molecular complexity index is 5590. The lowest BCUT2D eigenvalue weighted by molar-refractivity contribution is -0.392. The standard InChI is InChI=1S/C23H25N9O2.C22H25N9O3.C22H31N7O3.C5H3FN2O2/c1-4-31-13(2)16(11-27-31)20-28-18-21(30(20)3)25-12-26-22(18)34-15-8-7-14(10-15)32-17-6-5-9-24-19(17)29-23(32)33;1-4-30-13(2)16(11-26-30)19-28-18-21(29(19)3)24-12-25-22(18)34-15-8-7-14(10-15)27-17-6-5-9-23-20(17)31(32)33;1-7-29-13(2)16(11-25-29)18-27-17-19(28(18)6)23-12-24-20(17)31-15-9-8-14(10-15)26-21(30)32-22(3,4)5;6-4-2-1-3-7-5(4)8(9)10/h5-6,9,11-12,14-15H,4,7-8,10H2,1-3H3,(H,24,29,33);5-6,9,11-12,14-15,27H,4,7-8,10H2,1-3H3;11-12,14-15H,7-10H2,1-6H3,(H,26,30);1-3H.